The highest BCUT2D eigenvalue weighted by atomic mass is 32.2. The summed E-state index contributed by atoms with van der Waals surface area (Å²) in [6.45, 7) is 3.40. The minimum Gasteiger partial charge on any atom is -0.395 e. The maximum atomic E-state index is 12.3. The normalized spacial score (nSPS) is 27.4. The van der Waals surface area contributed by atoms with Crippen LogP contribution in [0.3, 0.4) is 0 Å². The van der Waals surface area contributed by atoms with Crippen molar-refractivity contribution < 1.29 is 13.5 Å². The lowest BCUT2D eigenvalue weighted by atomic mass is 9.77. The molecule has 1 heterocycles. The fraction of sp³-hybridized carbons (Fsp3) is 0.600. The smallest absolute Gasteiger partial charge is 0.211 e. The van der Waals surface area contributed by atoms with Crippen molar-refractivity contribution in [3.8, 4) is 0 Å². The Labute approximate surface area is 157 Å². The van der Waals surface area contributed by atoms with Gasteiger partial charge in [-0.15, -0.1) is 0 Å². The van der Waals surface area contributed by atoms with Gasteiger partial charge < -0.3 is 10.4 Å². The van der Waals surface area contributed by atoms with Crippen LogP contribution in [0.15, 0.2) is 30.3 Å². The van der Waals surface area contributed by atoms with Crippen LogP contribution in [-0.4, -0.2) is 55.9 Å². The summed E-state index contributed by atoms with van der Waals surface area (Å²) in [5, 5.41) is 13.3. The van der Waals surface area contributed by atoms with E-state index in [9.17, 15) is 13.5 Å². The van der Waals surface area contributed by atoms with Gasteiger partial charge in [-0.05, 0) is 43.4 Å². The first kappa shape index (κ1) is 19.5. The Hall–Kier alpha value is -1.21. The first-order chi connectivity index (χ1) is 12.5. The number of benzene rings is 1. The molecule has 1 aromatic rings. The molecule has 6 heteroatoms. The molecule has 0 unspecified atom stereocenters. The fourth-order valence-electron chi connectivity index (χ4n) is 4.22. The second-order valence-corrected chi connectivity index (χ2v) is 9.45. The van der Waals surface area contributed by atoms with Gasteiger partial charge in [0.15, 0.2) is 0 Å². The number of hydrogen-bond donors (Lipinski definition) is 2. The van der Waals surface area contributed by atoms with Crippen molar-refractivity contribution in [3.05, 3.63) is 41.5 Å². The van der Waals surface area contributed by atoms with Crippen LogP contribution in [0.2, 0.25) is 0 Å². The van der Waals surface area contributed by atoms with Gasteiger partial charge in [-0.1, -0.05) is 42.8 Å². The zero-order valence-electron chi connectivity index (χ0n) is 15.6. The third-order valence-electron chi connectivity index (χ3n) is 5.74. The summed E-state index contributed by atoms with van der Waals surface area (Å²) in [5.74, 6) is 0.747. The van der Waals surface area contributed by atoms with Crippen molar-refractivity contribution >= 4 is 16.1 Å². The number of rotatable bonds is 8. The van der Waals surface area contributed by atoms with Gasteiger partial charge in [0.2, 0.25) is 10.0 Å². The highest BCUT2D eigenvalue weighted by molar-refractivity contribution is 7.88. The Morgan fingerprint density at radius 1 is 1.19 bits per heavy atom. The molecule has 3 rings (SSSR count). The third kappa shape index (κ3) is 4.03. The van der Waals surface area contributed by atoms with Crippen LogP contribution in [0.5, 0.6) is 0 Å². The van der Waals surface area contributed by atoms with Gasteiger partial charge in [-0.3, -0.25) is 0 Å². The number of sulfonamides is 1. The molecule has 26 heavy (non-hydrogen) atoms. The van der Waals surface area contributed by atoms with Gasteiger partial charge in [-0.2, -0.15) is 4.31 Å². The van der Waals surface area contributed by atoms with E-state index in [1.807, 2.05) is 31.2 Å². The lowest BCUT2D eigenvalue weighted by molar-refractivity contribution is 0.0284. The van der Waals surface area contributed by atoms with E-state index in [1.165, 1.54) is 29.8 Å². The number of nitrogens with one attached hydrogen (secondary N) is 1. The monoisotopic (exact) mass is 378 g/mol. The van der Waals surface area contributed by atoms with Crippen molar-refractivity contribution in [3.63, 3.8) is 0 Å². The van der Waals surface area contributed by atoms with Crippen molar-refractivity contribution in [2.75, 3.05) is 26.0 Å². The highest BCUT2D eigenvalue weighted by Gasteiger charge is 2.52. The molecule has 0 radical (unpaired) electrons. The Morgan fingerprint density at radius 3 is 2.38 bits per heavy atom. The molecule has 2 N–H and O–H groups in total. The van der Waals surface area contributed by atoms with E-state index >= 15 is 0 Å². The molecule has 144 valence electrons. The molecule has 1 aliphatic carbocycles. The molecule has 2 aliphatic rings. The minimum atomic E-state index is -3.35. The van der Waals surface area contributed by atoms with E-state index in [2.05, 4.69) is 17.4 Å². The van der Waals surface area contributed by atoms with Gasteiger partial charge in [0.1, 0.15) is 0 Å². The first-order valence-corrected chi connectivity index (χ1v) is 11.3. The van der Waals surface area contributed by atoms with E-state index in [1.54, 1.807) is 0 Å². The fourth-order valence-corrected chi connectivity index (χ4v) is 5.61. The molecule has 1 aromatic carbocycles. The molecule has 0 amide bonds. The van der Waals surface area contributed by atoms with Crippen LogP contribution in [0.4, 0.5) is 0 Å². The van der Waals surface area contributed by atoms with E-state index in [-0.39, 0.29) is 24.6 Å². The van der Waals surface area contributed by atoms with Crippen LogP contribution in [0.25, 0.3) is 6.08 Å². The second-order valence-electron chi connectivity index (χ2n) is 7.56. The minimum absolute atomic E-state index is 0.0169. The highest BCUT2D eigenvalue weighted by Crippen LogP contribution is 2.42. The zero-order valence-corrected chi connectivity index (χ0v) is 16.5. The Kier molecular flexibility index (Phi) is 6.17. The van der Waals surface area contributed by atoms with E-state index in [4.69, 9.17) is 0 Å². The Morgan fingerprint density at radius 2 is 1.88 bits per heavy atom. The molecule has 1 saturated carbocycles. The number of nitrogens with zero attached hydrogens (tertiary/aromatic N) is 1. The molecule has 1 saturated heterocycles. The SMILES string of the molecule is C/C=C/c1ccc([C@H]2[C@H](CO)N(S(C)(=O)=O)[C@H]2CNCC2CCC2)cc1. The van der Waals surface area contributed by atoms with Crippen LogP contribution in [-0.2, 0) is 10.0 Å². The van der Waals surface area contributed by atoms with Gasteiger partial charge in [0, 0.05) is 18.5 Å². The predicted molar refractivity (Wildman–Crippen MR) is 105 cm³/mol. The van der Waals surface area contributed by atoms with Gasteiger partial charge in [0.05, 0.1) is 18.9 Å². The Bertz CT molecular complexity index is 726. The number of aliphatic hydroxyl groups is 1. The van der Waals surface area contributed by atoms with E-state index < -0.39 is 10.0 Å². The molecule has 5 nitrogen and oxygen atoms in total. The van der Waals surface area contributed by atoms with Crippen molar-refractivity contribution in [1.29, 1.82) is 0 Å². The molecule has 0 aromatic heterocycles. The molecule has 1 aliphatic heterocycles. The quantitative estimate of drug-likeness (QED) is 0.728. The topological polar surface area (TPSA) is 69.6 Å². The lowest BCUT2D eigenvalue weighted by Crippen LogP contribution is -2.68. The van der Waals surface area contributed by atoms with E-state index in [0.29, 0.717) is 6.54 Å². The molecule has 0 bridgehead atoms. The summed E-state index contributed by atoms with van der Waals surface area (Å²) in [6.07, 6.45) is 9.10. The van der Waals surface area contributed by atoms with Crippen molar-refractivity contribution in [1.82, 2.24) is 9.62 Å². The summed E-state index contributed by atoms with van der Waals surface area (Å²) >= 11 is 0. The summed E-state index contributed by atoms with van der Waals surface area (Å²) < 4.78 is 26.0. The summed E-state index contributed by atoms with van der Waals surface area (Å²) in [7, 11) is -3.35. The van der Waals surface area contributed by atoms with Crippen LogP contribution in [0.1, 0.15) is 43.2 Å². The van der Waals surface area contributed by atoms with Crippen molar-refractivity contribution in [2.45, 2.75) is 44.2 Å². The van der Waals surface area contributed by atoms with Crippen LogP contribution < -0.4 is 5.32 Å². The van der Waals surface area contributed by atoms with Gasteiger partial charge >= 0.3 is 0 Å². The van der Waals surface area contributed by atoms with Gasteiger partial charge in [0.25, 0.3) is 0 Å². The van der Waals surface area contributed by atoms with Gasteiger partial charge in [-0.25, -0.2) is 8.42 Å². The van der Waals surface area contributed by atoms with Crippen LogP contribution in [0, 0.1) is 5.92 Å². The number of allylic oxidation sites excluding steroid dienone is 1. The zero-order chi connectivity index (χ0) is 18.7. The molecule has 3 atom stereocenters. The summed E-state index contributed by atoms with van der Waals surface area (Å²) in [6, 6.07) is 7.68. The molecule has 2 fully saturated rings. The average molecular weight is 379 g/mol. The number of hydrogen-bond acceptors (Lipinski definition) is 4. The Balaban J connectivity index is 1.76. The second kappa shape index (κ2) is 8.21. The molecular weight excluding hydrogens is 348 g/mol. The predicted octanol–water partition coefficient (Wildman–Crippen LogP) is 2.20. The summed E-state index contributed by atoms with van der Waals surface area (Å²) in [5.41, 5.74) is 2.21. The largest absolute Gasteiger partial charge is 0.395 e. The standard InChI is InChI=1S/C20H30N2O3S/c1-3-5-15-8-10-17(11-9-15)20-18(13-21-12-16-6-4-7-16)22(19(20)14-23)26(2,24)25/h3,5,8-11,16,18-21,23H,4,6-7,12-14H2,1-2H3/b5-3+/t18-,19-,20+/m0/s1. The average Bonchev–Trinajstić information content (AvgIpc) is 2.52. The third-order valence-corrected chi connectivity index (χ3v) is 7.05. The molecular formula is C20H30N2O3S. The van der Waals surface area contributed by atoms with E-state index in [0.717, 1.165) is 23.6 Å². The lowest BCUT2D eigenvalue weighted by Gasteiger charge is -2.53. The molecule has 0 spiro atoms. The van der Waals surface area contributed by atoms with Crippen molar-refractivity contribution in [2.24, 2.45) is 5.92 Å². The summed E-state index contributed by atoms with van der Waals surface area (Å²) in [4.78, 5) is 0. The maximum absolute atomic E-state index is 12.3. The number of aliphatic hydroxyl groups excluding tert-OH is 1. The van der Waals surface area contributed by atoms with Crippen LogP contribution >= 0.6 is 0 Å². The first-order valence-electron chi connectivity index (χ1n) is 9.48. The maximum Gasteiger partial charge on any atom is 0.211 e.